The van der Waals surface area contributed by atoms with Crippen LogP contribution in [0.3, 0.4) is 0 Å². The molecule has 4 aromatic rings. The Balaban J connectivity index is 1.70. The molecule has 0 amide bonds. The quantitative estimate of drug-likeness (QED) is 0.410. The van der Waals surface area contributed by atoms with Gasteiger partial charge in [-0.3, -0.25) is 4.79 Å². The van der Waals surface area contributed by atoms with E-state index in [1.165, 1.54) is 12.1 Å². The number of sulfonamides is 1. The van der Waals surface area contributed by atoms with Gasteiger partial charge < -0.3 is 4.42 Å². The van der Waals surface area contributed by atoms with Crippen molar-refractivity contribution in [1.82, 2.24) is 0 Å². The van der Waals surface area contributed by atoms with Gasteiger partial charge in [0.15, 0.2) is 15.6 Å². The van der Waals surface area contributed by atoms with Gasteiger partial charge in [0.05, 0.1) is 10.5 Å². The van der Waals surface area contributed by atoms with Crippen LogP contribution >= 0.6 is 0 Å². The number of carbonyl (C=O) groups is 1. The summed E-state index contributed by atoms with van der Waals surface area (Å²) in [6, 6.07) is 14.6. The van der Waals surface area contributed by atoms with E-state index in [2.05, 4.69) is 0 Å². The van der Waals surface area contributed by atoms with Crippen molar-refractivity contribution in [3.05, 3.63) is 83.9 Å². The fourth-order valence-electron chi connectivity index (χ4n) is 3.37. The van der Waals surface area contributed by atoms with E-state index in [1.54, 1.807) is 30.3 Å². The van der Waals surface area contributed by atoms with E-state index in [1.807, 2.05) is 0 Å². The Morgan fingerprint density at radius 3 is 2.03 bits per heavy atom. The first-order valence-electron chi connectivity index (χ1n) is 9.33. The number of nitrogens with two attached hydrogens (primary N) is 1. The van der Waals surface area contributed by atoms with Gasteiger partial charge in [-0.1, -0.05) is 30.3 Å². The van der Waals surface area contributed by atoms with Gasteiger partial charge in [0.2, 0.25) is 10.0 Å². The molecule has 0 aliphatic carbocycles. The summed E-state index contributed by atoms with van der Waals surface area (Å²) in [6.07, 6.45) is 0. The van der Waals surface area contributed by atoms with Gasteiger partial charge in [-0.15, -0.1) is 0 Å². The Morgan fingerprint density at radius 1 is 0.848 bits per heavy atom. The molecule has 0 atom stereocenters. The molecule has 0 aliphatic heterocycles. The van der Waals surface area contributed by atoms with Crippen molar-refractivity contribution >= 4 is 36.6 Å². The lowest BCUT2D eigenvalue weighted by Gasteiger charge is -2.10. The number of rotatable bonds is 6. The second-order valence-corrected chi connectivity index (χ2v) is 10.6. The third kappa shape index (κ3) is 4.42. The van der Waals surface area contributed by atoms with Gasteiger partial charge in [-0.05, 0) is 36.4 Å². The van der Waals surface area contributed by atoms with Crippen LogP contribution in [-0.2, 0) is 19.9 Å². The van der Waals surface area contributed by atoms with E-state index in [0.717, 1.165) is 24.3 Å². The van der Waals surface area contributed by atoms with Crippen molar-refractivity contribution in [3.8, 4) is 11.3 Å². The molecule has 4 rings (SSSR count). The van der Waals surface area contributed by atoms with Crippen LogP contribution < -0.4 is 5.14 Å². The highest BCUT2D eigenvalue weighted by Gasteiger charge is 2.29. The molecule has 33 heavy (non-hydrogen) atoms. The maximum atomic E-state index is 14.7. The molecule has 3 aromatic carbocycles. The molecule has 1 heterocycles. The van der Waals surface area contributed by atoms with Crippen LogP contribution in [0.25, 0.3) is 22.3 Å². The van der Waals surface area contributed by atoms with Crippen LogP contribution in [0.2, 0.25) is 0 Å². The average molecular weight is 491 g/mol. The Morgan fingerprint density at radius 2 is 1.42 bits per heavy atom. The first-order chi connectivity index (χ1) is 15.5. The predicted octanol–water partition coefficient (Wildman–Crippen LogP) is 3.68. The summed E-state index contributed by atoms with van der Waals surface area (Å²) in [5, 5.41) is 5.74. The van der Waals surface area contributed by atoms with Crippen LogP contribution in [0.4, 0.5) is 8.78 Å². The van der Waals surface area contributed by atoms with Crippen LogP contribution in [0.5, 0.6) is 0 Å². The van der Waals surface area contributed by atoms with Gasteiger partial charge in [0.1, 0.15) is 33.6 Å². The number of benzene rings is 3. The van der Waals surface area contributed by atoms with Crippen molar-refractivity contribution in [2.45, 2.75) is 9.79 Å². The molecule has 0 saturated heterocycles. The summed E-state index contributed by atoms with van der Waals surface area (Å²) < 4.78 is 83.8. The number of sulfone groups is 1. The number of fused-ring (bicyclic) bond motifs is 1. The van der Waals surface area contributed by atoms with Gasteiger partial charge in [-0.25, -0.2) is 30.8 Å². The number of primary sulfonamides is 1. The SMILES string of the molecule is NS(=O)(=O)c1ccccc1S(=O)(=O)CC(=O)c1c(F)cc(-c2cc3ccccc3o2)cc1F. The fraction of sp³-hybridized carbons (Fsp3) is 0.0455. The van der Waals surface area contributed by atoms with E-state index < -0.39 is 58.4 Å². The summed E-state index contributed by atoms with van der Waals surface area (Å²) in [6.45, 7) is 0. The Kier molecular flexibility index (Phi) is 5.64. The maximum absolute atomic E-state index is 14.7. The number of hydrogen-bond donors (Lipinski definition) is 1. The van der Waals surface area contributed by atoms with Gasteiger partial charge in [-0.2, -0.15) is 0 Å². The number of furan rings is 1. The molecule has 0 radical (unpaired) electrons. The molecule has 0 aliphatic rings. The van der Waals surface area contributed by atoms with Gasteiger partial charge >= 0.3 is 0 Å². The van der Waals surface area contributed by atoms with Crippen molar-refractivity contribution in [2.24, 2.45) is 5.14 Å². The lowest BCUT2D eigenvalue weighted by atomic mass is 10.1. The zero-order chi connectivity index (χ0) is 24.0. The molecule has 0 fully saturated rings. The molecular weight excluding hydrogens is 476 g/mol. The summed E-state index contributed by atoms with van der Waals surface area (Å²) in [7, 11) is -9.03. The third-order valence-electron chi connectivity index (χ3n) is 4.84. The smallest absolute Gasteiger partial charge is 0.239 e. The standard InChI is InChI=1S/C22H15F2NO6S2/c23-15-9-14(19-11-13-5-1-2-6-18(13)31-19)10-16(24)22(15)17(26)12-32(27,28)20-7-3-4-8-21(20)33(25,29)30/h1-11H,12H2,(H2,25,29,30). The number of Topliss-reactive ketones (excluding diaryl/α,β-unsaturated/α-hetero) is 1. The molecule has 2 N–H and O–H groups in total. The average Bonchev–Trinajstić information content (AvgIpc) is 3.16. The minimum atomic E-state index is -4.60. The Labute approximate surface area is 187 Å². The van der Waals surface area contributed by atoms with E-state index in [9.17, 15) is 30.4 Å². The first-order valence-corrected chi connectivity index (χ1v) is 12.5. The highest BCUT2D eigenvalue weighted by atomic mass is 32.2. The van der Waals surface area contributed by atoms with E-state index >= 15 is 0 Å². The topological polar surface area (TPSA) is 125 Å². The number of hydrogen-bond acceptors (Lipinski definition) is 6. The summed E-state index contributed by atoms with van der Waals surface area (Å²) >= 11 is 0. The summed E-state index contributed by atoms with van der Waals surface area (Å²) in [4.78, 5) is 11.1. The molecule has 0 unspecified atom stereocenters. The summed E-state index contributed by atoms with van der Waals surface area (Å²) in [5.41, 5.74) is -0.556. The number of ketones is 1. The predicted molar refractivity (Wildman–Crippen MR) is 116 cm³/mol. The van der Waals surface area contributed by atoms with Crippen molar-refractivity contribution in [1.29, 1.82) is 0 Å². The van der Waals surface area contributed by atoms with Gasteiger partial charge in [0, 0.05) is 10.9 Å². The zero-order valence-corrected chi connectivity index (χ0v) is 18.3. The van der Waals surface area contributed by atoms with Crippen molar-refractivity contribution in [3.63, 3.8) is 0 Å². The first kappa shape index (κ1) is 22.8. The Hall–Kier alpha value is -3.41. The molecular formula is C22H15F2NO6S2. The molecule has 0 bridgehead atoms. The molecule has 11 heteroatoms. The third-order valence-corrected chi connectivity index (χ3v) is 7.61. The maximum Gasteiger partial charge on any atom is 0.239 e. The second-order valence-electron chi connectivity index (χ2n) is 7.14. The fourth-order valence-corrected chi connectivity index (χ4v) is 6.02. The normalized spacial score (nSPS) is 12.2. The van der Waals surface area contributed by atoms with Crippen LogP contribution in [-0.4, -0.2) is 28.4 Å². The van der Waals surface area contributed by atoms with E-state index in [0.29, 0.717) is 11.0 Å². The Bertz CT molecular complexity index is 1570. The molecule has 0 saturated carbocycles. The molecule has 0 spiro atoms. The minimum absolute atomic E-state index is 0.0141. The van der Waals surface area contributed by atoms with Crippen molar-refractivity contribution in [2.75, 3.05) is 5.75 Å². The van der Waals surface area contributed by atoms with Gasteiger partial charge in [0.25, 0.3) is 0 Å². The largest absolute Gasteiger partial charge is 0.456 e. The van der Waals surface area contributed by atoms with Crippen LogP contribution in [0.15, 0.2) is 80.9 Å². The lowest BCUT2D eigenvalue weighted by molar-refractivity contribution is 0.101. The van der Waals surface area contributed by atoms with E-state index in [4.69, 9.17) is 9.56 Å². The number of halogens is 2. The second kappa shape index (κ2) is 8.18. The molecule has 170 valence electrons. The van der Waals surface area contributed by atoms with E-state index in [-0.39, 0.29) is 11.3 Å². The van der Waals surface area contributed by atoms with Crippen LogP contribution in [0, 0.1) is 11.6 Å². The summed E-state index contributed by atoms with van der Waals surface area (Å²) in [5.74, 6) is -5.17. The monoisotopic (exact) mass is 491 g/mol. The minimum Gasteiger partial charge on any atom is -0.456 e. The number of para-hydroxylation sites is 1. The van der Waals surface area contributed by atoms with Crippen molar-refractivity contribution < 1.29 is 34.8 Å². The lowest BCUT2D eigenvalue weighted by Crippen LogP contribution is -2.22. The van der Waals surface area contributed by atoms with Crippen LogP contribution in [0.1, 0.15) is 10.4 Å². The zero-order valence-electron chi connectivity index (χ0n) is 16.7. The highest BCUT2D eigenvalue weighted by molar-refractivity contribution is 7.94. The molecule has 1 aromatic heterocycles. The highest BCUT2D eigenvalue weighted by Crippen LogP contribution is 2.30. The molecule has 7 nitrogen and oxygen atoms in total. The number of carbonyl (C=O) groups excluding carboxylic acids is 1.